The molecule has 21 heavy (non-hydrogen) atoms. The number of carbonyl (C=O) groups excluding carboxylic acids is 1. The molecule has 0 heterocycles. The Kier molecular flexibility index (Phi) is 5.52. The number of amides is 1. The summed E-state index contributed by atoms with van der Waals surface area (Å²) in [5, 5.41) is 12.0. The molecule has 3 nitrogen and oxygen atoms in total. The Labute approximate surface area is 125 Å². The van der Waals surface area contributed by atoms with Gasteiger partial charge < -0.3 is 10.4 Å². The van der Waals surface area contributed by atoms with Crippen LogP contribution in [0, 0.1) is 0 Å². The number of aryl methyl sites for hydroxylation is 2. The van der Waals surface area contributed by atoms with Crippen LogP contribution in [0.25, 0.3) is 0 Å². The number of carbonyl (C=O) groups is 1. The molecule has 2 aromatic carbocycles. The van der Waals surface area contributed by atoms with Gasteiger partial charge in [0.05, 0.1) is 6.10 Å². The molecular formula is C18H21NO2. The molecule has 0 aromatic heterocycles. The number of rotatable bonds is 6. The van der Waals surface area contributed by atoms with Crippen molar-refractivity contribution < 1.29 is 9.90 Å². The van der Waals surface area contributed by atoms with Crippen molar-refractivity contribution in [3.63, 3.8) is 0 Å². The monoisotopic (exact) mass is 283 g/mol. The Bertz CT molecular complexity index is 579. The third-order valence-electron chi connectivity index (χ3n) is 3.35. The minimum atomic E-state index is -0.537. The highest BCUT2D eigenvalue weighted by molar-refractivity contribution is 5.95. The lowest BCUT2D eigenvalue weighted by molar-refractivity contribution is 0.0923. The average Bonchev–Trinajstić information content (AvgIpc) is 2.52. The maximum atomic E-state index is 12.2. The number of nitrogens with one attached hydrogen (secondary N) is 1. The van der Waals surface area contributed by atoms with Crippen molar-refractivity contribution in [3.8, 4) is 0 Å². The van der Waals surface area contributed by atoms with Gasteiger partial charge in [-0.05, 0) is 37.0 Å². The van der Waals surface area contributed by atoms with E-state index in [1.807, 2.05) is 42.5 Å². The number of aliphatic hydroxyl groups is 1. The standard InChI is InChI=1S/C18H21NO2/c1-14(20)13-19-18(21)17-10-6-5-9-16(17)12-11-15-7-3-2-4-8-15/h2-10,14,20H,11-13H2,1H3,(H,19,21). The summed E-state index contributed by atoms with van der Waals surface area (Å²) in [6, 6.07) is 17.9. The topological polar surface area (TPSA) is 49.3 Å². The number of aliphatic hydroxyl groups excluding tert-OH is 1. The van der Waals surface area contributed by atoms with E-state index in [1.165, 1.54) is 5.56 Å². The first-order valence-electron chi connectivity index (χ1n) is 7.25. The third-order valence-corrected chi connectivity index (χ3v) is 3.35. The molecule has 3 heteroatoms. The summed E-state index contributed by atoms with van der Waals surface area (Å²) in [5.74, 6) is -0.125. The van der Waals surface area contributed by atoms with Crippen LogP contribution in [0.1, 0.15) is 28.4 Å². The molecule has 1 unspecified atom stereocenters. The first-order valence-corrected chi connectivity index (χ1v) is 7.25. The predicted molar refractivity (Wildman–Crippen MR) is 84.3 cm³/mol. The third kappa shape index (κ3) is 4.72. The molecule has 0 spiro atoms. The van der Waals surface area contributed by atoms with Gasteiger partial charge in [0.2, 0.25) is 0 Å². The molecule has 2 N–H and O–H groups in total. The van der Waals surface area contributed by atoms with Crippen LogP contribution in [-0.2, 0) is 12.8 Å². The fourth-order valence-corrected chi connectivity index (χ4v) is 2.22. The largest absolute Gasteiger partial charge is 0.392 e. The first-order chi connectivity index (χ1) is 10.2. The van der Waals surface area contributed by atoms with Crippen molar-refractivity contribution in [3.05, 3.63) is 71.3 Å². The number of hydrogen-bond donors (Lipinski definition) is 2. The molecule has 0 fully saturated rings. The van der Waals surface area contributed by atoms with E-state index in [4.69, 9.17) is 0 Å². The molecule has 0 aliphatic heterocycles. The SMILES string of the molecule is CC(O)CNC(=O)c1ccccc1CCc1ccccc1. The first kappa shape index (κ1) is 15.3. The van der Waals surface area contributed by atoms with Crippen molar-refractivity contribution in [2.24, 2.45) is 0 Å². The van der Waals surface area contributed by atoms with Crippen LogP contribution in [-0.4, -0.2) is 23.7 Å². The highest BCUT2D eigenvalue weighted by Crippen LogP contribution is 2.12. The summed E-state index contributed by atoms with van der Waals surface area (Å²) in [6.45, 7) is 1.92. The Balaban J connectivity index is 2.04. The van der Waals surface area contributed by atoms with E-state index < -0.39 is 6.10 Å². The van der Waals surface area contributed by atoms with Crippen LogP contribution in [0.5, 0.6) is 0 Å². The molecule has 2 aromatic rings. The smallest absolute Gasteiger partial charge is 0.251 e. The molecule has 0 aliphatic carbocycles. The fraction of sp³-hybridized carbons (Fsp3) is 0.278. The van der Waals surface area contributed by atoms with Crippen LogP contribution < -0.4 is 5.32 Å². The second kappa shape index (κ2) is 7.60. The average molecular weight is 283 g/mol. The highest BCUT2D eigenvalue weighted by Gasteiger charge is 2.11. The summed E-state index contributed by atoms with van der Waals surface area (Å²) >= 11 is 0. The van der Waals surface area contributed by atoms with Crippen LogP contribution in [0.4, 0.5) is 0 Å². The van der Waals surface area contributed by atoms with Gasteiger partial charge in [0.1, 0.15) is 0 Å². The van der Waals surface area contributed by atoms with Gasteiger partial charge in [-0.1, -0.05) is 48.5 Å². The molecule has 1 amide bonds. The normalized spacial score (nSPS) is 11.9. The highest BCUT2D eigenvalue weighted by atomic mass is 16.3. The zero-order chi connectivity index (χ0) is 15.1. The molecule has 0 radical (unpaired) electrons. The van der Waals surface area contributed by atoms with Gasteiger partial charge in [0.15, 0.2) is 0 Å². The lowest BCUT2D eigenvalue weighted by Gasteiger charge is -2.11. The minimum absolute atomic E-state index is 0.125. The zero-order valence-electron chi connectivity index (χ0n) is 12.3. The van der Waals surface area contributed by atoms with Crippen molar-refractivity contribution in [1.82, 2.24) is 5.32 Å². The second-order valence-electron chi connectivity index (χ2n) is 5.20. The van der Waals surface area contributed by atoms with Crippen molar-refractivity contribution in [2.75, 3.05) is 6.54 Å². The number of benzene rings is 2. The molecule has 1 atom stereocenters. The summed E-state index contributed by atoms with van der Waals surface area (Å²) < 4.78 is 0. The second-order valence-corrected chi connectivity index (χ2v) is 5.20. The quantitative estimate of drug-likeness (QED) is 0.856. The van der Waals surface area contributed by atoms with Crippen molar-refractivity contribution in [1.29, 1.82) is 0 Å². The van der Waals surface area contributed by atoms with Crippen molar-refractivity contribution in [2.45, 2.75) is 25.9 Å². The molecular weight excluding hydrogens is 262 g/mol. The van der Waals surface area contributed by atoms with Gasteiger partial charge >= 0.3 is 0 Å². The van der Waals surface area contributed by atoms with Crippen LogP contribution >= 0.6 is 0 Å². The van der Waals surface area contributed by atoms with Gasteiger partial charge in [-0.15, -0.1) is 0 Å². The van der Waals surface area contributed by atoms with E-state index in [-0.39, 0.29) is 12.5 Å². The van der Waals surface area contributed by atoms with E-state index in [0.717, 1.165) is 18.4 Å². The lowest BCUT2D eigenvalue weighted by Crippen LogP contribution is -2.31. The Morgan fingerprint density at radius 1 is 1.05 bits per heavy atom. The van der Waals surface area contributed by atoms with E-state index in [1.54, 1.807) is 6.92 Å². The van der Waals surface area contributed by atoms with Gasteiger partial charge in [-0.25, -0.2) is 0 Å². The summed E-state index contributed by atoms with van der Waals surface area (Å²) in [5.41, 5.74) is 2.98. The minimum Gasteiger partial charge on any atom is -0.392 e. The number of hydrogen-bond acceptors (Lipinski definition) is 2. The molecule has 0 saturated carbocycles. The summed E-state index contributed by atoms with van der Waals surface area (Å²) in [7, 11) is 0. The van der Waals surface area contributed by atoms with E-state index in [0.29, 0.717) is 5.56 Å². The van der Waals surface area contributed by atoms with E-state index in [9.17, 15) is 9.90 Å². The molecule has 0 bridgehead atoms. The van der Waals surface area contributed by atoms with E-state index in [2.05, 4.69) is 17.4 Å². The summed E-state index contributed by atoms with van der Waals surface area (Å²) in [4.78, 5) is 12.2. The molecule has 0 saturated heterocycles. The molecule has 110 valence electrons. The van der Waals surface area contributed by atoms with Gasteiger partial charge in [-0.3, -0.25) is 4.79 Å². The lowest BCUT2D eigenvalue weighted by atomic mass is 9.99. The Morgan fingerprint density at radius 2 is 1.71 bits per heavy atom. The molecule has 2 rings (SSSR count). The predicted octanol–water partition coefficient (Wildman–Crippen LogP) is 2.58. The van der Waals surface area contributed by atoms with Gasteiger partial charge in [-0.2, -0.15) is 0 Å². The Hall–Kier alpha value is -2.13. The van der Waals surface area contributed by atoms with Crippen molar-refractivity contribution >= 4 is 5.91 Å². The fourth-order valence-electron chi connectivity index (χ4n) is 2.22. The van der Waals surface area contributed by atoms with Crippen LogP contribution in [0.3, 0.4) is 0 Å². The van der Waals surface area contributed by atoms with Gasteiger partial charge in [0, 0.05) is 12.1 Å². The van der Waals surface area contributed by atoms with Crippen LogP contribution in [0.15, 0.2) is 54.6 Å². The maximum absolute atomic E-state index is 12.2. The maximum Gasteiger partial charge on any atom is 0.251 e. The zero-order valence-corrected chi connectivity index (χ0v) is 12.3. The molecule has 0 aliphatic rings. The van der Waals surface area contributed by atoms with Crippen LogP contribution in [0.2, 0.25) is 0 Å². The Morgan fingerprint density at radius 3 is 2.43 bits per heavy atom. The summed E-state index contributed by atoms with van der Waals surface area (Å²) in [6.07, 6.45) is 1.19. The van der Waals surface area contributed by atoms with E-state index >= 15 is 0 Å². The van der Waals surface area contributed by atoms with Gasteiger partial charge in [0.25, 0.3) is 5.91 Å².